The van der Waals surface area contributed by atoms with Gasteiger partial charge in [0.05, 0.1) is 23.4 Å². The Labute approximate surface area is 279 Å². The Kier molecular flexibility index (Phi) is 9.13. The average molecular weight is 671 g/mol. The summed E-state index contributed by atoms with van der Waals surface area (Å²) in [7, 11) is 3.03. The first-order valence-electron chi connectivity index (χ1n) is 16.2. The molecule has 5 rings (SSSR count). The predicted octanol–water partition coefficient (Wildman–Crippen LogP) is 3.66. The maximum absolute atomic E-state index is 14.8. The molecule has 0 saturated heterocycles. The third kappa shape index (κ3) is 5.46. The number of Topliss-reactive ketones (excluding diaryl/α,β-unsaturated/α-hetero) is 2. The minimum atomic E-state index is -2.97. The summed E-state index contributed by atoms with van der Waals surface area (Å²) in [6, 6.07) is 2.16. The Hall–Kier alpha value is -3.35. The summed E-state index contributed by atoms with van der Waals surface area (Å²) in [5.74, 6) is -9.43. The van der Waals surface area contributed by atoms with Crippen LogP contribution in [-0.4, -0.2) is 91.6 Å². The molecule has 12 heteroatoms. The van der Waals surface area contributed by atoms with E-state index in [-0.39, 0.29) is 22.1 Å². The second-order valence-corrected chi connectivity index (χ2v) is 16.4. The van der Waals surface area contributed by atoms with Crippen LogP contribution in [0.25, 0.3) is 5.76 Å². The van der Waals surface area contributed by atoms with E-state index in [1.54, 1.807) is 23.9 Å². The van der Waals surface area contributed by atoms with Crippen molar-refractivity contribution in [2.45, 2.75) is 94.6 Å². The molecule has 4 aliphatic carbocycles. The van der Waals surface area contributed by atoms with Crippen molar-refractivity contribution >= 4 is 41.0 Å². The highest BCUT2D eigenvalue weighted by Crippen LogP contribution is 2.58. The zero-order valence-electron chi connectivity index (χ0n) is 28.0. The van der Waals surface area contributed by atoms with Crippen LogP contribution >= 0.6 is 11.8 Å². The van der Waals surface area contributed by atoms with Crippen LogP contribution in [-0.2, 0) is 29.3 Å². The maximum atomic E-state index is 14.8. The van der Waals surface area contributed by atoms with Gasteiger partial charge in [0.1, 0.15) is 28.9 Å². The molecule has 1 aromatic carbocycles. The highest BCUT2D eigenvalue weighted by Gasteiger charge is 2.70. The summed E-state index contributed by atoms with van der Waals surface area (Å²) in [6.07, 6.45) is 1.42. The number of carbonyl (C=O) groups excluding carboxylic acids is 4. The Morgan fingerprint density at radius 1 is 1.11 bits per heavy atom. The van der Waals surface area contributed by atoms with Gasteiger partial charge in [-0.1, -0.05) is 59.6 Å². The lowest BCUT2D eigenvalue weighted by Crippen LogP contribution is -2.71. The first-order chi connectivity index (χ1) is 21.8. The van der Waals surface area contributed by atoms with Crippen molar-refractivity contribution < 1.29 is 44.3 Å². The third-order valence-corrected chi connectivity index (χ3v) is 11.5. The molecule has 0 bridgehead atoms. The van der Waals surface area contributed by atoms with Crippen molar-refractivity contribution in [3.05, 3.63) is 45.7 Å². The summed E-state index contributed by atoms with van der Waals surface area (Å²) in [6.45, 7) is 9.68. The summed E-state index contributed by atoms with van der Waals surface area (Å²) in [5.41, 5.74) is 1.76. The Morgan fingerprint density at radius 3 is 2.26 bits per heavy atom. The van der Waals surface area contributed by atoms with Gasteiger partial charge in [-0.3, -0.25) is 24.1 Å². The van der Waals surface area contributed by atoms with Gasteiger partial charge in [-0.2, -0.15) is 11.8 Å². The lowest BCUT2D eigenvalue weighted by Gasteiger charge is -2.55. The van der Waals surface area contributed by atoms with Gasteiger partial charge in [-0.15, -0.1) is 0 Å². The van der Waals surface area contributed by atoms with E-state index in [2.05, 4.69) is 0 Å². The van der Waals surface area contributed by atoms with Gasteiger partial charge in [0.25, 0.3) is 5.91 Å². The zero-order valence-corrected chi connectivity index (χ0v) is 28.8. The summed E-state index contributed by atoms with van der Waals surface area (Å²) in [4.78, 5) is 56.4. The summed E-state index contributed by atoms with van der Waals surface area (Å²) < 4.78 is 6.31. The first-order valence-corrected chi connectivity index (χ1v) is 17.2. The number of likely N-dealkylation sites (N-methyl/N-ethyl adjacent to an activating group) is 1. The fourth-order valence-corrected chi connectivity index (χ4v) is 9.02. The normalized spacial score (nSPS) is 29.7. The van der Waals surface area contributed by atoms with Crippen LogP contribution in [0.3, 0.4) is 0 Å². The van der Waals surface area contributed by atoms with Crippen LogP contribution in [0.1, 0.15) is 82.9 Å². The maximum Gasteiger partial charge on any atom is 0.309 e. The Balaban J connectivity index is 1.86. The highest BCUT2D eigenvalue weighted by atomic mass is 32.2. The number of hydrogen-bond donors (Lipinski definition) is 5. The number of aromatic hydroxyl groups is 1. The largest absolute Gasteiger partial charge is 0.508 e. The molecule has 4 aliphatic rings. The number of rotatable bonds is 7. The van der Waals surface area contributed by atoms with Gasteiger partial charge in [-0.25, -0.2) is 0 Å². The topological polar surface area (TPSA) is 188 Å². The number of nitrogens with two attached hydrogens (primary N) is 1. The monoisotopic (exact) mass is 670 g/mol. The Morgan fingerprint density at radius 2 is 1.72 bits per heavy atom. The van der Waals surface area contributed by atoms with E-state index in [4.69, 9.17) is 10.5 Å². The van der Waals surface area contributed by atoms with Crippen molar-refractivity contribution in [1.82, 2.24) is 4.90 Å². The standard InChI is InChI=1S/C35H46N2O9S/c1-15(2)47-14-18-17-12-13-19(34(3,4)5)26(38)21(17)27(39)22-20(18)29(46-33(44)16-10-8-9-11-16)24-25(37(6)7)28(40)23(32(36)43)31(42)35(24,45)30(22)41/h12-13,15-16,18,20,24-25,29,38-39,42,45H,8-11,14H2,1-7H3,(H2,36,43)/t18?,20?,24?,25-,29?,35-/m0/s1. The van der Waals surface area contributed by atoms with Crippen LogP contribution < -0.4 is 5.73 Å². The number of carbonyl (C=O) groups is 4. The van der Waals surface area contributed by atoms with E-state index in [9.17, 15) is 39.6 Å². The lowest BCUT2D eigenvalue weighted by atomic mass is 9.54. The number of aliphatic hydroxyl groups excluding tert-OH is 2. The van der Waals surface area contributed by atoms with Crippen LogP contribution in [0.5, 0.6) is 5.75 Å². The molecule has 47 heavy (non-hydrogen) atoms. The SMILES string of the molecule is CC(C)SCC1c2ccc(C(C)(C)C)c(O)c2C(O)=C2C(=O)[C@]3(O)C(O)=C(C(N)=O)C(=O)[C@@H](N(C)C)C3C(OC(=O)C3CCCC3)C21. The van der Waals surface area contributed by atoms with Gasteiger partial charge in [0.2, 0.25) is 5.78 Å². The molecule has 256 valence electrons. The van der Waals surface area contributed by atoms with Crippen molar-refractivity contribution in [3.8, 4) is 5.75 Å². The number of esters is 1. The lowest BCUT2D eigenvalue weighted by molar-refractivity contribution is -0.187. The van der Waals surface area contributed by atoms with Crippen molar-refractivity contribution in [2.24, 2.45) is 23.5 Å². The van der Waals surface area contributed by atoms with E-state index in [1.807, 2.05) is 34.6 Å². The van der Waals surface area contributed by atoms with Crippen LogP contribution in [0.15, 0.2) is 29.0 Å². The fraction of sp³-hybridized carbons (Fsp3) is 0.600. The number of phenolic OH excluding ortho intramolecular Hbond substituents is 1. The van der Waals surface area contributed by atoms with E-state index in [0.717, 1.165) is 12.8 Å². The van der Waals surface area contributed by atoms with Crippen LogP contribution in [0, 0.1) is 17.8 Å². The van der Waals surface area contributed by atoms with E-state index in [1.165, 1.54) is 19.0 Å². The molecule has 4 unspecified atom stereocenters. The van der Waals surface area contributed by atoms with Crippen LogP contribution in [0.2, 0.25) is 0 Å². The molecule has 11 nitrogen and oxygen atoms in total. The van der Waals surface area contributed by atoms with Gasteiger partial charge in [0.15, 0.2) is 11.4 Å². The number of ketones is 2. The molecule has 1 amide bonds. The minimum Gasteiger partial charge on any atom is -0.508 e. The van der Waals surface area contributed by atoms with Gasteiger partial charge in [0, 0.05) is 28.7 Å². The summed E-state index contributed by atoms with van der Waals surface area (Å²) >= 11 is 1.56. The molecule has 0 heterocycles. The van der Waals surface area contributed by atoms with Gasteiger partial charge >= 0.3 is 5.97 Å². The second kappa shape index (κ2) is 12.3. The second-order valence-electron chi connectivity index (χ2n) is 14.8. The quantitative estimate of drug-likeness (QED) is 0.210. The van der Waals surface area contributed by atoms with Crippen LogP contribution in [0.4, 0.5) is 0 Å². The number of benzene rings is 1. The smallest absolute Gasteiger partial charge is 0.309 e. The fourth-order valence-electron chi connectivity index (χ4n) is 8.04. The molecule has 0 aromatic heterocycles. The molecular weight excluding hydrogens is 624 g/mol. The minimum absolute atomic E-state index is 0.0175. The number of ether oxygens (including phenoxy) is 1. The third-order valence-electron chi connectivity index (χ3n) is 10.3. The van der Waals surface area contributed by atoms with E-state index in [0.29, 0.717) is 29.7 Å². The molecule has 2 fully saturated rings. The molecule has 1 aromatic rings. The number of primary amides is 1. The Bertz CT molecular complexity index is 1580. The number of phenols is 1. The van der Waals surface area contributed by atoms with Gasteiger partial charge < -0.3 is 30.9 Å². The van der Waals surface area contributed by atoms with Crippen molar-refractivity contribution in [2.75, 3.05) is 19.8 Å². The van der Waals surface area contributed by atoms with Crippen molar-refractivity contribution in [1.29, 1.82) is 0 Å². The number of hydrogen-bond acceptors (Lipinski definition) is 11. The van der Waals surface area contributed by atoms with E-state index >= 15 is 0 Å². The zero-order chi connectivity index (χ0) is 34.9. The molecular formula is C35H46N2O9S. The highest BCUT2D eigenvalue weighted by molar-refractivity contribution is 7.99. The number of nitrogens with zero attached hydrogens (tertiary/aromatic N) is 1. The molecule has 6 N–H and O–H groups in total. The molecule has 6 atom stereocenters. The average Bonchev–Trinajstić information content (AvgIpc) is 3.50. The first kappa shape index (κ1) is 35.0. The molecule has 2 saturated carbocycles. The predicted molar refractivity (Wildman–Crippen MR) is 177 cm³/mol. The number of aliphatic hydroxyl groups is 3. The number of thioether (sulfide) groups is 1. The van der Waals surface area contributed by atoms with E-state index < -0.39 is 87.4 Å². The van der Waals surface area contributed by atoms with Gasteiger partial charge in [-0.05, 0) is 43.2 Å². The molecule has 0 radical (unpaired) electrons. The van der Waals surface area contributed by atoms with Crippen molar-refractivity contribution in [3.63, 3.8) is 0 Å². The molecule has 0 spiro atoms. The molecule has 0 aliphatic heterocycles. The number of fused-ring (bicyclic) bond motifs is 3. The summed E-state index contributed by atoms with van der Waals surface area (Å²) in [5, 5.41) is 47.7. The number of amides is 1.